The summed E-state index contributed by atoms with van der Waals surface area (Å²) in [5.41, 5.74) is 2.35. The van der Waals surface area contributed by atoms with Gasteiger partial charge in [-0.1, -0.05) is 29.3 Å². The molecule has 27 heavy (non-hydrogen) atoms. The van der Waals surface area contributed by atoms with E-state index in [1.165, 1.54) is 4.68 Å². The maximum atomic E-state index is 12.6. The molecule has 0 atom stereocenters. The number of hydrogen-bond acceptors (Lipinski definition) is 4. The number of ether oxygens (including phenoxy) is 1. The number of hydrogen-bond donors (Lipinski definition) is 1. The van der Waals surface area contributed by atoms with Gasteiger partial charge in [-0.3, -0.25) is 4.79 Å². The van der Waals surface area contributed by atoms with E-state index in [0.717, 1.165) is 11.1 Å². The van der Waals surface area contributed by atoms with Gasteiger partial charge in [-0.25, -0.2) is 9.67 Å². The van der Waals surface area contributed by atoms with Crippen LogP contribution in [0.4, 0.5) is 5.69 Å². The Kier molecular flexibility index (Phi) is 5.68. The molecule has 6 nitrogen and oxygen atoms in total. The number of rotatable bonds is 5. The highest BCUT2D eigenvalue weighted by atomic mass is 35.5. The minimum Gasteiger partial charge on any atom is -0.495 e. The van der Waals surface area contributed by atoms with Gasteiger partial charge < -0.3 is 10.1 Å². The molecule has 1 N–H and O–H groups in total. The maximum Gasteiger partial charge on any atom is 0.246 e. The van der Waals surface area contributed by atoms with Gasteiger partial charge in [-0.15, -0.1) is 0 Å². The highest BCUT2D eigenvalue weighted by molar-refractivity contribution is 6.42. The predicted octanol–water partition coefficient (Wildman–Crippen LogP) is 4.52. The third kappa shape index (κ3) is 4.40. The van der Waals surface area contributed by atoms with E-state index in [1.807, 2.05) is 25.1 Å². The Balaban J connectivity index is 1.85. The van der Waals surface area contributed by atoms with Gasteiger partial charge >= 0.3 is 0 Å². The summed E-state index contributed by atoms with van der Waals surface area (Å²) in [4.78, 5) is 17.0. The molecule has 0 saturated heterocycles. The van der Waals surface area contributed by atoms with Gasteiger partial charge in [0.25, 0.3) is 0 Å². The summed E-state index contributed by atoms with van der Waals surface area (Å²) in [6, 6.07) is 10.7. The van der Waals surface area contributed by atoms with E-state index in [1.54, 1.807) is 32.2 Å². The second-order valence-corrected chi connectivity index (χ2v) is 6.84. The van der Waals surface area contributed by atoms with Gasteiger partial charge in [0.1, 0.15) is 18.1 Å². The molecule has 0 saturated carbocycles. The zero-order valence-corrected chi connectivity index (χ0v) is 16.6. The number of anilines is 1. The van der Waals surface area contributed by atoms with Gasteiger partial charge in [0, 0.05) is 5.56 Å². The van der Waals surface area contributed by atoms with Gasteiger partial charge in [0.05, 0.1) is 22.8 Å². The predicted molar refractivity (Wildman–Crippen MR) is 107 cm³/mol. The summed E-state index contributed by atoms with van der Waals surface area (Å²) < 4.78 is 6.83. The minimum absolute atomic E-state index is 0.00643. The number of carbonyl (C=O) groups is 1. The van der Waals surface area contributed by atoms with Crippen LogP contribution in [0.3, 0.4) is 0 Å². The van der Waals surface area contributed by atoms with Crippen molar-refractivity contribution in [2.75, 3.05) is 12.4 Å². The first-order valence-electron chi connectivity index (χ1n) is 8.18. The number of amides is 1. The molecule has 0 spiro atoms. The van der Waals surface area contributed by atoms with Crippen molar-refractivity contribution < 1.29 is 9.53 Å². The first-order valence-corrected chi connectivity index (χ1v) is 8.94. The fraction of sp³-hybridized carbons (Fsp3) is 0.211. The molecule has 1 aromatic heterocycles. The number of halogens is 2. The Hall–Kier alpha value is -2.57. The standard InChI is InChI=1S/C19H18Cl2N4O2/c1-11-4-7-17(27-3)16(8-11)23-18(26)10-25-19(22-12(2)24-25)13-5-6-14(20)15(21)9-13/h4-9H,10H2,1-3H3,(H,23,26). The molecule has 1 amide bonds. The van der Waals surface area contributed by atoms with E-state index in [9.17, 15) is 4.79 Å². The van der Waals surface area contributed by atoms with E-state index in [0.29, 0.717) is 33.1 Å². The molecule has 0 aliphatic heterocycles. The van der Waals surface area contributed by atoms with Crippen molar-refractivity contribution in [2.24, 2.45) is 0 Å². The largest absolute Gasteiger partial charge is 0.495 e. The Morgan fingerprint density at radius 2 is 1.93 bits per heavy atom. The lowest BCUT2D eigenvalue weighted by atomic mass is 10.2. The molecule has 0 fully saturated rings. The zero-order chi connectivity index (χ0) is 19.6. The Labute approximate surface area is 167 Å². The molecular formula is C19H18Cl2N4O2. The lowest BCUT2D eigenvalue weighted by Gasteiger charge is -2.12. The summed E-state index contributed by atoms with van der Waals surface area (Å²) in [5, 5.41) is 8.04. The van der Waals surface area contributed by atoms with Gasteiger partial charge in [0.2, 0.25) is 5.91 Å². The Morgan fingerprint density at radius 3 is 2.63 bits per heavy atom. The molecule has 1 heterocycles. The van der Waals surface area contributed by atoms with Crippen molar-refractivity contribution in [1.29, 1.82) is 0 Å². The van der Waals surface area contributed by atoms with Gasteiger partial charge in [0.15, 0.2) is 5.82 Å². The van der Waals surface area contributed by atoms with Crippen molar-refractivity contribution in [1.82, 2.24) is 14.8 Å². The number of nitrogens with zero attached hydrogens (tertiary/aromatic N) is 3. The third-order valence-corrected chi connectivity index (χ3v) is 4.62. The fourth-order valence-electron chi connectivity index (χ4n) is 2.66. The molecular weight excluding hydrogens is 387 g/mol. The van der Waals surface area contributed by atoms with Crippen molar-refractivity contribution >= 4 is 34.8 Å². The van der Waals surface area contributed by atoms with Crippen LogP contribution in [0.25, 0.3) is 11.4 Å². The maximum absolute atomic E-state index is 12.6. The fourth-order valence-corrected chi connectivity index (χ4v) is 2.96. The highest BCUT2D eigenvalue weighted by Gasteiger charge is 2.15. The topological polar surface area (TPSA) is 69.0 Å². The number of aromatic nitrogens is 3. The van der Waals surface area contributed by atoms with Crippen LogP contribution in [0.5, 0.6) is 5.75 Å². The molecule has 8 heteroatoms. The second-order valence-electron chi connectivity index (χ2n) is 6.02. The first-order chi connectivity index (χ1) is 12.9. The quantitative estimate of drug-likeness (QED) is 0.678. The number of benzene rings is 2. The third-order valence-electron chi connectivity index (χ3n) is 3.88. The van der Waals surface area contributed by atoms with Crippen LogP contribution in [0.1, 0.15) is 11.4 Å². The van der Waals surface area contributed by atoms with Crippen LogP contribution in [0.15, 0.2) is 36.4 Å². The summed E-state index contributed by atoms with van der Waals surface area (Å²) in [6.45, 7) is 3.70. The summed E-state index contributed by atoms with van der Waals surface area (Å²) >= 11 is 12.1. The van der Waals surface area contributed by atoms with E-state index in [2.05, 4.69) is 15.4 Å². The monoisotopic (exact) mass is 404 g/mol. The lowest BCUT2D eigenvalue weighted by Crippen LogP contribution is -2.20. The highest BCUT2D eigenvalue weighted by Crippen LogP contribution is 2.28. The van der Waals surface area contributed by atoms with Crippen LogP contribution in [0.2, 0.25) is 10.0 Å². The zero-order valence-electron chi connectivity index (χ0n) is 15.1. The summed E-state index contributed by atoms with van der Waals surface area (Å²) in [5.74, 6) is 1.44. The molecule has 2 aromatic carbocycles. The van der Waals surface area contributed by atoms with E-state index < -0.39 is 0 Å². The van der Waals surface area contributed by atoms with E-state index in [-0.39, 0.29) is 12.5 Å². The number of methoxy groups -OCH3 is 1. The average Bonchev–Trinajstić information content (AvgIpc) is 2.97. The van der Waals surface area contributed by atoms with Crippen molar-refractivity contribution in [2.45, 2.75) is 20.4 Å². The molecule has 0 unspecified atom stereocenters. The Morgan fingerprint density at radius 1 is 1.15 bits per heavy atom. The van der Waals surface area contributed by atoms with Crippen LogP contribution < -0.4 is 10.1 Å². The smallest absolute Gasteiger partial charge is 0.246 e. The van der Waals surface area contributed by atoms with E-state index in [4.69, 9.17) is 27.9 Å². The van der Waals surface area contributed by atoms with Crippen LogP contribution in [-0.2, 0) is 11.3 Å². The summed E-state index contributed by atoms with van der Waals surface area (Å²) in [7, 11) is 1.56. The first kappa shape index (κ1) is 19.2. The van der Waals surface area contributed by atoms with Gasteiger partial charge in [-0.2, -0.15) is 5.10 Å². The lowest BCUT2D eigenvalue weighted by molar-refractivity contribution is -0.116. The SMILES string of the molecule is COc1ccc(C)cc1NC(=O)Cn1nc(C)nc1-c1ccc(Cl)c(Cl)c1. The van der Waals surface area contributed by atoms with Crippen LogP contribution >= 0.6 is 23.2 Å². The molecule has 0 bridgehead atoms. The molecule has 0 aliphatic rings. The van der Waals surface area contributed by atoms with Gasteiger partial charge in [-0.05, 0) is 49.7 Å². The summed E-state index contributed by atoms with van der Waals surface area (Å²) in [6.07, 6.45) is 0. The van der Waals surface area contributed by atoms with Crippen LogP contribution in [-0.4, -0.2) is 27.8 Å². The van der Waals surface area contributed by atoms with E-state index >= 15 is 0 Å². The number of carbonyl (C=O) groups excluding carboxylic acids is 1. The molecule has 3 rings (SSSR count). The van der Waals surface area contributed by atoms with Crippen molar-refractivity contribution in [3.05, 3.63) is 57.8 Å². The second kappa shape index (κ2) is 7.98. The van der Waals surface area contributed by atoms with Crippen molar-refractivity contribution in [3.63, 3.8) is 0 Å². The molecule has 3 aromatic rings. The minimum atomic E-state index is -0.245. The number of aryl methyl sites for hydroxylation is 2. The van der Waals surface area contributed by atoms with Crippen LogP contribution in [0, 0.1) is 13.8 Å². The Bertz CT molecular complexity index is 1000. The molecule has 0 aliphatic carbocycles. The number of nitrogens with one attached hydrogen (secondary N) is 1. The normalized spacial score (nSPS) is 10.7. The van der Waals surface area contributed by atoms with Crippen molar-refractivity contribution in [3.8, 4) is 17.1 Å². The average molecular weight is 405 g/mol. The molecule has 140 valence electrons. The molecule has 0 radical (unpaired) electrons.